The third kappa shape index (κ3) is 2.69. The molecule has 0 aromatic rings. The Morgan fingerprint density at radius 1 is 1.17 bits per heavy atom. The first kappa shape index (κ1) is 12.4. The molecule has 1 aliphatic carbocycles. The van der Waals surface area contributed by atoms with Crippen molar-refractivity contribution in [2.45, 2.75) is 32.2 Å². The van der Waals surface area contributed by atoms with Gasteiger partial charge in [-0.3, -0.25) is 9.69 Å². The molecule has 0 aromatic heterocycles. The van der Waals surface area contributed by atoms with Gasteiger partial charge in [0.15, 0.2) is 0 Å². The van der Waals surface area contributed by atoms with Gasteiger partial charge >= 0.3 is 0 Å². The molecule has 0 radical (unpaired) electrons. The molecule has 2 atom stereocenters. The maximum atomic E-state index is 12.4. The van der Waals surface area contributed by atoms with Crippen molar-refractivity contribution in [3.8, 4) is 0 Å². The molecule has 4 nitrogen and oxygen atoms in total. The Bertz CT molecular complexity index is 308. The lowest BCUT2D eigenvalue weighted by molar-refractivity contribution is -0.137. The first-order valence-corrected chi connectivity index (χ1v) is 7.48. The maximum absolute atomic E-state index is 12.4. The van der Waals surface area contributed by atoms with Crippen molar-refractivity contribution in [3.63, 3.8) is 0 Å². The van der Waals surface area contributed by atoms with Gasteiger partial charge in [-0.2, -0.15) is 0 Å². The summed E-state index contributed by atoms with van der Waals surface area (Å²) in [6.45, 7) is 8.44. The normalized spacial score (nSPS) is 33.9. The molecular formula is C14H25N3O. The number of nitrogens with zero attached hydrogens (tertiary/aromatic N) is 2. The summed E-state index contributed by atoms with van der Waals surface area (Å²) in [6, 6.07) is 0.363. The molecule has 1 N–H and O–H groups in total. The minimum atomic E-state index is 0.222. The summed E-state index contributed by atoms with van der Waals surface area (Å²) in [6.07, 6.45) is 3.86. The second-order valence-corrected chi connectivity index (χ2v) is 6.21. The van der Waals surface area contributed by atoms with Crippen molar-refractivity contribution in [2.24, 2.45) is 11.8 Å². The topological polar surface area (TPSA) is 35.6 Å². The highest BCUT2D eigenvalue weighted by Crippen LogP contribution is 2.30. The van der Waals surface area contributed by atoms with E-state index in [2.05, 4.69) is 22.0 Å². The first-order valence-electron chi connectivity index (χ1n) is 7.48. The molecule has 1 saturated carbocycles. The zero-order valence-electron chi connectivity index (χ0n) is 11.4. The van der Waals surface area contributed by atoms with Gasteiger partial charge in [-0.1, -0.05) is 0 Å². The molecule has 1 amide bonds. The van der Waals surface area contributed by atoms with Crippen LogP contribution in [0.15, 0.2) is 0 Å². The summed E-state index contributed by atoms with van der Waals surface area (Å²) in [7, 11) is 0. The molecule has 102 valence electrons. The number of piperazine rings is 1. The molecule has 3 aliphatic rings. The Kier molecular flexibility index (Phi) is 3.57. The number of nitrogens with one attached hydrogen (secondary N) is 1. The number of carbonyl (C=O) groups excluding carboxylic acids is 1. The van der Waals surface area contributed by atoms with Crippen molar-refractivity contribution in [1.29, 1.82) is 0 Å². The Balaban J connectivity index is 1.47. The number of amides is 1. The summed E-state index contributed by atoms with van der Waals surface area (Å²) in [5.41, 5.74) is 0. The smallest absolute Gasteiger partial charge is 0.227 e. The lowest BCUT2D eigenvalue weighted by Crippen LogP contribution is -2.51. The van der Waals surface area contributed by atoms with Crippen LogP contribution >= 0.6 is 0 Å². The lowest BCUT2D eigenvalue weighted by Gasteiger charge is -2.36. The van der Waals surface area contributed by atoms with Gasteiger partial charge in [0.1, 0.15) is 0 Å². The van der Waals surface area contributed by atoms with Gasteiger partial charge in [0.25, 0.3) is 0 Å². The van der Waals surface area contributed by atoms with E-state index in [1.165, 1.54) is 19.4 Å². The molecular weight excluding hydrogens is 226 g/mol. The van der Waals surface area contributed by atoms with Crippen LogP contribution in [0.4, 0.5) is 0 Å². The van der Waals surface area contributed by atoms with Gasteiger partial charge in [-0.05, 0) is 38.6 Å². The average Bonchev–Trinajstić information content (AvgIpc) is 3.09. The fourth-order valence-corrected chi connectivity index (χ4v) is 3.25. The van der Waals surface area contributed by atoms with Gasteiger partial charge in [0, 0.05) is 38.8 Å². The minimum Gasteiger partial charge on any atom is -0.340 e. The van der Waals surface area contributed by atoms with E-state index in [9.17, 15) is 4.79 Å². The van der Waals surface area contributed by atoms with Crippen LogP contribution in [-0.2, 0) is 4.79 Å². The molecule has 18 heavy (non-hydrogen) atoms. The van der Waals surface area contributed by atoms with Crippen molar-refractivity contribution in [2.75, 3.05) is 39.3 Å². The van der Waals surface area contributed by atoms with Crippen LogP contribution in [0.2, 0.25) is 0 Å². The van der Waals surface area contributed by atoms with E-state index in [1.54, 1.807) is 0 Å². The SMILES string of the molecule is CC1NCCC1C(=O)N1CCN(CC2CC2)CC1. The molecule has 2 aliphatic heterocycles. The van der Waals surface area contributed by atoms with E-state index in [0.717, 1.165) is 45.1 Å². The zero-order valence-corrected chi connectivity index (χ0v) is 11.4. The van der Waals surface area contributed by atoms with Crippen molar-refractivity contribution >= 4 is 5.91 Å². The van der Waals surface area contributed by atoms with Gasteiger partial charge in [0.05, 0.1) is 5.92 Å². The van der Waals surface area contributed by atoms with Gasteiger partial charge in [0.2, 0.25) is 5.91 Å². The fourth-order valence-electron chi connectivity index (χ4n) is 3.25. The van der Waals surface area contributed by atoms with Crippen LogP contribution in [0.25, 0.3) is 0 Å². The van der Waals surface area contributed by atoms with Crippen LogP contribution in [-0.4, -0.2) is 61.0 Å². The molecule has 0 bridgehead atoms. The van der Waals surface area contributed by atoms with Crippen LogP contribution in [0.1, 0.15) is 26.2 Å². The highest BCUT2D eigenvalue weighted by atomic mass is 16.2. The number of hydrogen-bond acceptors (Lipinski definition) is 3. The van der Waals surface area contributed by atoms with Crippen LogP contribution < -0.4 is 5.32 Å². The lowest BCUT2D eigenvalue weighted by atomic mass is 10.00. The summed E-state index contributed by atoms with van der Waals surface area (Å²) >= 11 is 0. The van der Waals surface area contributed by atoms with Crippen LogP contribution in [0, 0.1) is 11.8 Å². The third-order valence-corrected chi connectivity index (χ3v) is 4.74. The molecule has 0 aromatic carbocycles. The van der Waals surface area contributed by atoms with Crippen LogP contribution in [0.5, 0.6) is 0 Å². The van der Waals surface area contributed by atoms with E-state index in [1.807, 2.05) is 0 Å². The summed E-state index contributed by atoms with van der Waals surface area (Å²) < 4.78 is 0. The second kappa shape index (κ2) is 5.17. The average molecular weight is 251 g/mol. The molecule has 2 saturated heterocycles. The standard InChI is InChI=1S/C14H25N3O/c1-11-13(4-5-15-11)14(18)17-8-6-16(7-9-17)10-12-2-3-12/h11-13,15H,2-10H2,1H3. The Morgan fingerprint density at radius 3 is 2.44 bits per heavy atom. The summed E-state index contributed by atoms with van der Waals surface area (Å²) in [4.78, 5) is 17.1. The molecule has 3 fully saturated rings. The highest BCUT2D eigenvalue weighted by Gasteiger charge is 2.34. The number of rotatable bonds is 3. The predicted molar refractivity (Wildman–Crippen MR) is 71.3 cm³/mol. The Morgan fingerprint density at radius 2 is 1.89 bits per heavy atom. The quantitative estimate of drug-likeness (QED) is 0.795. The highest BCUT2D eigenvalue weighted by molar-refractivity contribution is 5.80. The third-order valence-electron chi connectivity index (χ3n) is 4.74. The number of hydrogen-bond donors (Lipinski definition) is 1. The first-order chi connectivity index (χ1) is 8.74. The van der Waals surface area contributed by atoms with Crippen molar-refractivity contribution in [1.82, 2.24) is 15.1 Å². The largest absolute Gasteiger partial charge is 0.340 e. The maximum Gasteiger partial charge on any atom is 0.227 e. The minimum absolute atomic E-state index is 0.222. The van der Waals surface area contributed by atoms with Crippen molar-refractivity contribution < 1.29 is 4.79 Å². The number of carbonyl (C=O) groups is 1. The molecule has 2 unspecified atom stereocenters. The van der Waals surface area contributed by atoms with E-state index in [4.69, 9.17) is 0 Å². The van der Waals surface area contributed by atoms with Gasteiger partial charge in [-0.25, -0.2) is 0 Å². The monoisotopic (exact) mass is 251 g/mol. The summed E-state index contributed by atoms with van der Waals surface area (Å²) in [5.74, 6) is 1.57. The second-order valence-electron chi connectivity index (χ2n) is 6.21. The summed E-state index contributed by atoms with van der Waals surface area (Å²) in [5, 5.41) is 3.37. The van der Waals surface area contributed by atoms with Crippen molar-refractivity contribution in [3.05, 3.63) is 0 Å². The molecule has 3 rings (SSSR count). The van der Waals surface area contributed by atoms with Gasteiger partial charge < -0.3 is 10.2 Å². The molecule has 0 spiro atoms. The van der Waals surface area contributed by atoms with E-state index >= 15 is 0 Å². The fraction of sp³-hybridized carbons (Fsp3) is 0.929. The predicted octanol–water partition coefficient (Wildman–Crippen LogP) is 0.539. The van der Waals surface area contributed by atoms with Gasteiger partial charge in [-0.15, -0.1) is 0 Å². The van der Waals surface area contributed by atoms with Crippen LogP contribution in [0.3, 0.4) is 0 Å². The van der Waals surface area contributed by atoms with E-state index in [-0.39, 0.29) is 5.92 Å². The van der Waals surface area contributed by atoms with E-state index in [0.29, 0.717) is 11.9 Å². The van der Waals surface area contributed by atoms with E-state index < -0.39 is 0 Å². The zero-order chi connectivity index (χ0) is 12.5. The Labute approximate surface area is 110 Å². The molecule has 4 heteroatoms. The Hall–Kier alpha value is -0.610. The molecule has 2 heterocycles.